The van der Waals surface area contributed by atoms with Gasteiger partial charge in [-0.25, -0.2) is 0 Å². The van der Waals surface area contributed by atoms with Crippen molar-refractivity contribution in [3.63, 3.8) is 0 Å². The topological polar surface area (TPSA) is 36.2 Å². The molecule has 0 aliphatic heterocycles. The Morgan fingerprint density at radius 3 is 2.44 bits per heavy atom. The minimum Gasteiger partial charge on any atom is -0.309 e. The number of hydrogen-bond acceptors (Lipinski definition) is 2. The van der Waals surface area contributed by atoms with Crippen LogP contribution in [0.15, 0.2) is 16.8 Å². The minimum absolute atomic E-state index is 0.872. The third kappa shape index (κ3) is 5.68. The van der Waals surface area contributed by atoms with Crippen LogP contribution in [0, 0.1) is 5.41 Å². The van der Waals surface area contributed by atoms with Crippen molar-refractivity contribution >= 4 is 32.5 Å². The molecule has 0 spiro atoms. The Bertz CT molecular complexity index is 154. The van der Waals surface area contributed by atoms with Crippen LogP contribution in [-0.2, 0) is 0 Å². The molecule has 0 aliphatic carbocycles. The molecule has 0 fully saturated rings. The van der Waals surface area contributed by atoms with E-state index in [0.717, 1.165) is 9.42 Å². The maximum absolute atomic E-state index is 6.70. The average Bonchev–Trinajstić information content (AvgIpc) is 1.63. The molecule has 3 heteroatoms. The lowest BCUT2D eigenvalue weighted by atomic mass is 10.5. The normalized spacial score (nSPS) is 13.7. The van der Waals surface area contributed by atoms with E-state index in [1.165, 1.54) is 6.21 Å². The van der Waals surface area contributed by atoms with E-state index in [1.807, 2.05) is 13.8 Å². The van der Waals surface area contributed by atoms with Crippen molar-refractivity contribution in [3.8, 4) is 0 Å². The van der Waals surface area contributed by atoms with Crippen LogP contribution in [-0.4, -0.2) is 9.93 Å². The summed E-state index contributed by atoms with van der Waals surface area (Å²) < 4.78 is 0.989. The Balaban J connectivity index is 4.05. The molecule has 0 aromatic heterocycles. The lowest BCUT2D eigenvalue weighted by Crippen LogP contribution is -1.76. The zero-order chi connectivity index (χ0) is 7.28. The summed E-state index contributed by atoms with van der Waals surface area (Å²) in [6.07, 6.45) is 2.89. The zero-order valence-corrected chi connectivity index (χ0v) is 7.64. The Morgan fingerprint density at radius 2 is 2.11 bits per heavy atom. The number of nitrogens with zero attached hydrogens (tertiary/aromatic N) is 1. The van der Waals surface area contributed by atoms with Crippen molar-refractivity contribution in [3.05, 3.63) is 11.8 Å². The predicted octanol–water partition coefficient (Wildman–Crippen LogP) is 2.39. The summed E-state index contributed by atoms with van der Waals surface area (Å²) in [6, 6.07) is 0. The molecule has 0 aromatic carbocycles. The number of rotatable bonds is 2. The van der Waals surface area contributed by atoms with Crippen LogP contribution in [0.4, 0.5) is 0 Å². The molecule has 2 nitrogen and oxygen atoms in total. The molecule has 9 heavy (non-hydrogen) atoms. The minimum atomic E-state index is 0.872. The Kier molecular flexibility index (Phi) is 4.57. The van der Waals surface area contributed by atoms with Gasteiger partial charge in [-0.2, -0.15) is 0 Å². The molecule has 0 aromatic rings. The van der Waals surface area contributed by atoms with Gasteiger partial charge in [0.1, 0.15) is 0 Å². The predicted molar refractivity (Wildman–Crippen MR) is 49.7 cm³/mol. The maximum Gasteiger partial charge on any atom is 0.0756 e. The van der Waals surface area contributed by atoms with E-state index in [2.05, 4.69) is 27.6 Å². The van der Waals surface area contributed by atoms with Crippen LogP contribution in [0.2, 0.25) is 0 Å². The van der Waals surface area contributed by atoms with Gasteiger partial charge in [0.2, 0.25) is 0 Å². The van der Waals surface area contributed by atoms with Crippen molar-refractivity contribution in [2.75, 3.05) is 0 Å². The van der Waals surface area contributed by atoms with Gasteiger partial charge in [0.15, 0.2) is 0 Å². The molecule has 0 atom stereocenters. The maximum atomic E-state index is 6.70. The molecular weight excluding hydrogens is 227 g/mol. The van der Waals surface area contributed by atoms with E-state index in [9.17, 15) is 0 Å². The number of halogens is 1. The molecule has 0 rings (SSSR count). The summed E-state index contributed by atoms with van der Waals surface area (Å²) in [5.74, 6) is 0. The summed E-state index contributed by atoms with van der Waals surface area (Å²) in [7, 11) is 0. The molecule has 0 heterocycles. The van der Waals surface area contributed by atoms with Crippen LogP contribution in [0.5, 0.6) is 0 Å². The van der Waals surface area contributed by atoms with E-state index >= 15 is 0 Å². The van der Waals surface area contributed by atoms with Crippen molar-refractivity contribution < 1.29 is 0 Å². The van der Waals surface area contributed by atoms with Gasteiger partial charge >= 0.3 is 0 Å². The van der Waals surface area contributed by atoms with Crippen molar-refractivity contribution in [1.82, 2.24) is 0 Å². The van der Waals surface area contributed by atoms with Crippen molar-refractivity contribution in [2.45, 2.75) is 13.8 Å². The molecular formula is C6H9IN2. The molecule has 0 aliphatic rings. The number of aliphatic imine (C=N–C) groups is 1. The van der Waals surface area contributed by atoms with E-state index in [1.54, 1.807) is 6.08 Å². The average molecular weight is 236 g/mol. The summed E-state index contributed by atoms with van der Waals surface area (Å²) in [5, 5.41) is 6.70. The van der Waals surface area contributed by atoms with Crippen LogP contribution < -0.4 is 0 Å². The lowest BCUT2D eigenvalue weighted by molar-refractivity contribution is 1.32. The second-order valence-electron chi connectivity index (χ2n) is 1.58. The van der Waals surface area contributed by atoms with E-state index in [4.69, 9.17) is 5.41 Å². The second kappa shape index (κ2) is 4.67. The largest absolute Gasteiger partial charge is 0.309 e. The first-order valence-corrected chi connectivity index (χ1v) is 3.63. The first-order chi connectivity index (χ1) is 4.16. The highest BCUT2D eigenvalue weighted by Crippen LogP contribution is 1.97. The summed E-state index contributed by atoms with van der Waals surface area (Å²) >= 11 is 2.13. The lowest BCUT2D eigenvalue weighted by Gasteiger charge is -1.87. The highest BCUT2D eigenvalue weighted by Gasteiger charge is 1.81. The second-order valence-corrected chi connectivity index (χ2v) is 3.14. The van der Waals surface area contributed by atoms with Crippen molar-refractivity contribution in [2.24, 2.45) is 4.99 Å². The highest BCUT2D eigenvalue weighted by atomic mass is 127. The van der Waals surface area contributed by atoms with Gasteiger partial charge in [0.05, 0.1) is 3.72 Å². The van der Waals surface area contributed by atoms with E-state index in [0.29, 0.717) is 0 Å². The van der Waals surface area contributed by atoms with Crippen LogP contribution in [0.3, 0.4) is 0 Å². The first-order valence-electron chi connectivity index (χ1n) is 2.55. The third-order valence-electron chi connectivity index (χ3n) is 0.655. The molecule has 50 valence electrons. The third-order valence-corrected chi connectivity index (χ3v) is 0.896. The monoisotopic (exact) mass is 236 g/mol. The van der Waals surface area contributed by atoms with Gasteiger partial charge in [-0.3, -0.25) is 4.99 Å². The van der Waals surface area contributed by atoms with Gasteiger partial charge < -0.3 is 5.41 Å². The van der Waals surface area contributed by atoms with E-state index < -0.39 is 0 Å². The highest BCUT2D eigenvalue weighted by molar-refractivity contribution is 14.1. The van der Waals surface area contributed by atoms with Gasteiger partial charge in [-0.1, -0.05) is 0 Å². The first kappa shape index (κ1) is 8.81. The van der Waals surface area contributed by atoms with Gasteiger partial charge in [-0.15, -0.1) is 0 Å². The fraction of sp³-hybridized carbons (Fsp3) is 0.333. The summed E-state index contributed by atoms with van der Waals surface area (Å²) in [6.45, 7) is 3.79. The van der Waals surface area contributed by atoms with Gasteiger partial charge in [0.25, 0.3) is 0 Å². The van der Waals surface area contributed by atoms with Gasteiger partial charge in [0, 0.05) is 11.9 Å². The van der Waals surface area contributed by atoms with Crippen LogP contribution in [0.1, 0.15) is 13.8 Å². The summed E-state index contributed by atoms with van der Waals surface area (Å²) in [5.41, 5.74) is 0.872. The molecule has 0 radical (unpaired) electrons. The fourth-order valence-electron chi connectivity index (χ4n) is 0.401. The number of nitrogens with one attached hydrogen (secondary N) is 1. The van der Waals surface area contributed by atoms with Gasteiger partial charge in [-0.05, 0) is 42.5 Å². The molecule has 0 saturated heterocycles. The van der Waals surface area contributed by atoms with Crippen molar-refractivity contribution in [1.29, 1.82) is 5.41 Å². The summed E-state index contributed by atoms with van der Waals surface area (Å²) in [4.78, 5) is 4.08. The Morgan fingerprint density at radius 1 is 1.56 bits per heavy atom. The Hall–Kier alpha value is -0.190. The number of hydrogen-bond donors (Lipinski definition) is 1. The molecule has 0 bridgehead atoms. The number of allylic oxidation sites excluding steroid dienone is 2. The standard InChI is InChI=1S/C6H9IN2/c1-5(3-4-8)9-6(2)7/h3-4,8H,1-2H3/b5-3-,8-4?,9-6-. The molecule has 0 unspecified atom stereocenters. The SMILES string of the molecule is CC(=C/C=N)/N=C(/C)I. The quantitative estimate of drug-likeness (QED) is 0.564. The molecule has 0 saturated carbocycles. The van der Waals surface area contributed by atoms with E-state index in [-0.39, 0.29) is 0 Å². The fourth-order valence-corrected chi connectivity index (χ4v) is 0.781. The van der Waals surface area contributed by atoms with Crippen LogP contribution in [0.25, 0.3) is 0 Å². The molecule has 0 amide bonds. The molecule has 1 N–H and O–H groups in total. The Labute approximate surface area is 68.7 Å². The smallest absolute Gasteiger partial charge is 0.0756 e. The zero-order valence-electron chi connectivity index (χ0n) is 5.48. The van der Waals surface area contributed by atoms with Crippen LogP contribution >= 0.6 is 22.6 Å².